The molecule has 0 spiro atoms. The van der Waals surface area contributed by atoms with Crippen LogP contribution in [0.2, 0.25) is 0 Å². The predicted octanol–water partition coefficient (Wildman–Crippen LogP) is 4.82. The fourth-order valence-corrected chi connectivity index (χ4v) is 4.00. The smallest absolute Gasteiger partial charge is 0.124 e. The van der Waals surface area contributed by atoms with Crippen molar-refractivity contribution in [3.05, 3.63) is 53.6 Å². The lowest BCUT2D eigenvalue weighted by molar-refractivity contribution is 0.411. The first-order valence-electron chi connectivity index (χ1n) is 7.78. The number of ether oxygens (including phenoxy) is 1. The van der Waals surface area contributed by atoms with Gasteiger partial charge in [-0.3, -0.25) is 0 Å². The van der Waals surface area contributed by atoms with Gasteiger partial charge in [0.15, 0.2) is 0 Å². The summed E-state index contributed by atoms with van der Waals surface area (Å²) in [6.45, 7) is 3.20. The highest BCUT2D eigenvalue weighted by Crippen LogP contribution is 2.40. The molecule has 1 aromatic heterocycles. The van der Waals surface area contributed by atoms with E-state index >= 15 is 0 Å². The van der Waals surface area contributed by atoms with Gasteiger partial charge in [-0.2, -0.15) is 0 Å². The summed E-state index contributed by atoms with van der Waals surface area (Å²) < 4.78 is 8.02. The first-order chi connectivity index (χ1) is 10.8. The van der Waals surface area contributed by atoms with Crippen molar-refractivity contribution in [3.63, 3.8) is 0 Å². The van der Waals surface area contributed by atoms with E-state index in [0.29, 0.717) is 0 Å². The molecule has 0 N–H and O–H groups in total. The fraction of sp³-hybridized carbons (Fsp3) is 0.200. The zero-order chi connectivity index (χ0) is 14.8. The molecule has 0 atom stereocenters. The molecule has 0 radical (unpaired) electrons. The Hall–Kier alpha value is -2.48. The van der Waals surface area contributed by atoms with Crippen LogP contribution in [0.15, 0.2) is 42.5 Å². The van der Waals surface area contributed by atoms with E-state index < -0.39 is 0 Å². The molecule has 2 heterocycles. The molecule has 0 bridgehead atoms. The van der Waals surface area contributed by atoms with Gasteiger partial charge in [-0.15, -0.1) is 0 Å². The lowest BCUT2D eigenvalue weighted by Crippen LogP contribution is -1.92. The summed E-state index contributed by atoms with van der Waals surface area (Å²) in [6, 6.07) is 15.7. The maximum atomic E-state index is 5.55. The summed E-state index contributed by atoms with van der Waals surface area (Å²) in [5.74, 6) is 1.02. The van der Waals surface area contributed by atoms with Crippen molar-refractivity contribution in [1.29, 1.82) is 0 Å². The van der Waals surface area contributed by atoms with Gasteiger partial charge >= 0.3 is 0 Å². The van der Waals surface area contributed by atoms with Crippen LogP contribution in [0.25, 0.3) is 32.6 Å². The van der Waals surface area contributed by atoms with Gasteiger partial charge in [0.1, 0.15) is 5.75 Å². The van der Waals surface area contributed by atoms with Gasteiger partial charge < -0.3 is 9.30 Å². The molecule has 3 aromatic carbocycles. The molecule has 108 valence electrons. The molecule has 5 rings (SSSR count). The largest absolute Gasteiger partial charge is 0.496 e. The van der Waals surface area contributed by atoms with E-state index in [-0.39, 0.29) is 0 Å². The van der Waals surface area contributed by atoms with Crippen molar-refractivity contribution in [3.8, 4) is 5.75 Å². The van der Waals surface area contributed by atoms with Crippen molar-refractivity contribution in [2.24, 2.45) is 0 Å². The highest BCUT2D eigenvalue weighted by atomic mass is 16.5. The molecule has 4 aromatic rings. The summed E-state index contributed by atoms with van der Waals surface area (Å²) >= 11 is 0. The summed E-state index contributed by atoms with van der Waals surface area (Å²) in [6.07, 6.45) is 1.07. The molecule has 0 saturated heterocycles. The molecule has 22 heavy (non-hydrogen) atoms. The normalized spacial score (nSPS) is 13.5. The van der Waals surface area contributed by atoms with Crippen LogP contribution in [0, 0.1) is 6.92 Å². The Bertz CT molecular complexity index is 1070. The molecule has 1 aliphatic rings. The number of fused-ring (bicyclic) bond motifs is 4. The Kier molecular flexibility index (Phi) is 2.22. The lowest BCUT2D eigenvalue weighted by Gasteiger charge is -2.05. The minimum Gasteiger partial charge on any atom is -0.496 e. The summed E-state index contributed by atoms with van der Waals surface area (Å²) in [5.41, 5.74) is 5.38. The molecular formula is C20H17NO. The van der Waals surface area contributed by atoms with E-state index in [9.17, 15) is 0 Å². The van der Waals surface area contributed by atoms with Crippen LogP contribution in [0.1, 0.15) is 11.1 Å². The van der Waals surface area contributed by atoms with E-state index in [1.54, 1.807) is 7.11 Å². The van der Waals surface area contributed by atoms with Crippen LogP contribution in [0.3, 0.4) is 0 Å². The second-order valence-electron chi connectivity index (χ2n) is 6.26. The van der Waals surface area contributed by atoms with Crippen LogP contribution < -0.4 is 4.74 Å². The second kappa shape index (κ2) is 4.04. The van der Waals surface area contributed by atoms with Crippen LogP contribution in [0.4, 0.5) is 0 Å². The molecule has 0 amide bonds. The van der Waals surface area contributed by atoms with Crippen LogP contribution in [-0.4, -0.2) is 11.7 Å². The zero-order valence-electron chi connectivity index (χ0n) is 12.8. The van der Waals surface area contributed by atoms with Crippen molar-refractivity contribution in [2.75, 3.05) is 7.11 Å². The number of aromatic nitrogens is 1. The van der Waals surface area contributed by atoms with Gasteiger partial charge in [-0.05, 0) is 48.4 Å². The molecule has 0 saturated carbocycles. The van der Waals surface area contributed by atoms with Crippen LogP contribution in [0.5, 0.6) is 5.75 Å². The van der Waals surface area contributed by atoms with Gasteiger partial charge in [0.25, 0.3) is 0 Å². The average molecular weight is 287 g/mol. The maximum Gasteiger partial charge on any atom is 0.124 e. The summed E-state index contributed by atoms with van der Waals surface area (Å²) in [5, 5.41) is 5.35. The first-order valence-corrected chi connectivity index (χ1v) is 7.78. The molecule has 0 unspecified atom stereocenters. The standard InChI is InChI=1S/C20H17NO/c1-12-3-4-13-10-17-15-5-6-19(22-2)16-7-8-21(20(15)16)18(17)11-14(13)9-12/h3-6,9-11H,7-8H2,1-2H3. The average Bonchev–Trinajstić information content (AvgIpc) is 3.09. The van der Waals surface area contributed by atoms with Crippen molar-refractivity contribution >= 4 is 32.6 Å². The Labute approximate surface area is 128 Å². The Balaban J connectivity index is 2.00. The van der Waals surface area contributed by atoms with E-state index in [1.165, 1.54) is 43.7 Å². The predicted molar refractivity (Wildman–Crippen MR) is 91.9 cm³/mol. The Morgan fingerprint density at radius 1 is 0.955 bits per heavy atom. The van der Waals surface area contributed by atoms with Gasteiger partial charge in [-0.1, -0.05) is 23.8 Å². The lowest BCUT2D eigenvalue weighted by atomic mass is 10.0. The molecule has 1 aliphatic heterocycles. The van der Waals surface area contributed by atoms with Gasteiger partial charge in [-0.25, -0.2) is 0 Å². The van der Waals surface area contributed by atoms with Gasteiger partial charge in [0.2, 0.25) is 0 Å². The Morgan fingerprint density at radius 2 is 1.86 bits per heavy atom. The number of hydrogen-bond donors (Lipinski definition) is 0. The second-order valence-corrected chi connectivity index (χ2v) is 6.26. The minimum atomic E-state index is 1.02. The number of hydrogen-bond acceptors (Lipinski definition) is 1. The van der Waals surface area contributed by atoms with Crippen molar-refractivity contribution < 1.29 is 4.74 Å². The maximum absolute atomic E-state index is 5.55. The van der Waals surface area contributed by atoms with E-state index in [1.807, 2.05) is 0 Å². The molecule has 0 fully saturated rings. The molecule has 0 aliphatic carbocycles. The highest BCUT2D eigenvalue weighted by Gasteiger charge is 2.22. The third kappa shape index (κ3) is 1.40. The summed E-state index contributed by atoms with van der Waals surface area (Å²) in [7, 11) is 1.76. The number of aryl methyl sites for hydroxylation is 3. The zero-order valence-corrected chi connectivity index (χ0v) is 12.8. The van der Waals surface area contributed by atoms with Crippen molar-refractivity contribution in [1.82, 2.24) is 4.57 Å². The molecular weight excluding hydrogens is 270 g/mol. The number of rotatable bonds is 1. The fourth-order valence-electron chi connectivity index (χ4n) is 4.00. The first kappa shape index (κ1) is 12.1. The van der Waals surface area contributed by atoms with Crippen LogP contribution in [-0.2, 0) is 13.0 Å². The van der Waals surface area contributed by atoms with Crippen molar-refractivity contribution in [2.45, 2.75) is 19.9 Å². The highest BCUT2D eigenvalue weighted by molar-refractivity contribution is 6.14. The third-order valence-electron chi connectivity index (χ3n) is 5.01. The number of methoxy groups -OCH3 is 1. The quantitative estimate of drug-likeness (QED) is 0.489. The number of nitrogens with zero attached hydrogens (tertiary/aromatic N) is 1. The SMILES string of the molecule is COc1ccc2c3cc4ccc(C)cc4cc3n3c2c1CC3. The molecule has 2 heteroatoms. The topological polar surface area (TPSA) is 14.2 Å². The van der Waals surface area contributed by atoms with Crippen LogP contribution >= 0.6 is 0 Å². The molecule has 2 nitrogen and oxygen atoms in total. The van der Waals surface area contributed by atoms with E-state index in [4.69, 9.17) is 4.74 Å². The van der Waals surface area contributed by atoms with E-state index in [0.717, 1.165) is 18.7 Å². The monoisotopic (exact) mass is 287 g/mol. The summed E-state index contributed by atoms with van der Waals surface area (Å²) in [4.78, 5) is 0. The van der Waals surface area contributed by atoms with Gasteiger partial charge in [0, 0.05) is 28.4 Å². The minimum absolute atomic E-state index is 1.02. The third-order valence-corrected chi connectivity index (χ3v) is 5.01. The van der Waals surface area contributed by atoms with E-state index in [2.05, 4.69) is 54.0 Å². The Morgan fingerprint density at radius 3 is 2.73 bits per heavy atom. The number of benzene rings is 3. The van der Waals surface area contributed by atoms with Gasteiger partial charge in [0.05, 0.1) is 12.6 Å².